The number of halogens is 2. The largest absolute Gasteiger partial charge is 0.417 e. The molecule has 0 saturated heterocycles. The highest BCUT2D eigenvalue weighted by molar-refractivity contribution is 6.34. The second-order valence-corrected chi connectivity index (χ2v) is 4.68. The topological polar surface area (TPSA) is 75.1 Å². The number of fused-ring (bicyclic) bond motifs is 1. The Kier molecular flexibility index (Phi) is 3.23. The number of nitrogens with one attached hydrogen (secondary N) is 2. The highest BCUT2D eigenvalue weighted by Crippen LogP contribution is 2.22. The molecule has 1 amide bonds. The number of carbonyl (C=O) groups is 1. The Balaban J connectivity index is 1.94. The number of H-pyrrole nitrogens is 1. The van der Waals surface area contributed by atoms with E-state index in [9.17, 15) is 14.0 Å². The van der Waals surface area contributed by atoms with Crippen LogP contribution in [-0.4, -0.2) is 10.9 Å². The summed E-state index contributed by atoms with van der Waals surface area (Å²) in [4.78, 5) is 25.6. The van der Waals surface area contributed by atoms with Crippen molar-refractivity contribution in [2.24, 2.45) is 0 Å². The van der Waals surface area contributed by atoms with Crippen LogP contribution in [0.15, 0.2) is 45.6 Å². The summed E-state index contributed by atoms with van der Waals surface area (Å²) >= 11 is 5.83. The van der Waals surface area contributed by atoms with Crippen LogP contribution >= 0.6 is 11.6 Å². The third-order valence-corrected chi connectivity index (χ3v) is 3.18. The SMILES string of the molecule is O=C(Nc1ccc2oc(=O)[nH]c2c1)c1c(F)cccc1Cl. The van der Waals surface area contributed by atoms with Gasteiger partial charge in [0, 0.05) is 5.69 Å². The number of carbonyl (C=O) groups excluding carboxylic acids is 1. The monoisotopic (exact) mass is 306 g/mol. The first-order chi connectivity index (χ1) is 10.0. The summed E-state index contributed by atoms with van der Waals surface area (Å²) in [5.41, 5.74) is 0.933. The molecule has 2 aromatic carbocycles. The van der Waals surface area contributed by atoms with Gasteiger partial charge >= 0.3 is 5.76 Å². The van der Waals surface area contributed by atoms with Gasteiger partial charge in [0.2, 0.25) is 0 Å². The van der Waals surface area contributed by atoms with Gasteiger partial charge in [-0.15, -0.1) is 0 Å². The Morgan fingerprint density at radius 1 is 1.29 bits per heavy atom. The van der Waals surface area contributed by atoms with Crippen molar-refractivity contribution in [3.05, 3.63) is 63.4 Å². The van der Waals surface area contributed by atoms with Crippen molar-refractivity contribution in [3.8, 4) is 0 Å². The van der Waals surface area contributed by atoms with E-state index in [0.29, 0.717) is 16.8 Å². The van der Waals surface area contributed by atoms with Crippen molar-refractivity contribution in [2.75, 3.05) is 5.32 Å². The molecule has 3 aromatic rings. The van der Waals surface area contributed by atoms with Crippen LogP contribution in [0.25, 0.3) is 11.1 Å². The Hall–Kier alpha value is -2.60. The van der Waals surface area contributed by atoms with Gasteiger partial charge in [-0.25, -0.2) is 9.18 Å². The fourth-order valence-corrected chi connectivity index (χ4v) is 2.19. The maximum atomic E-state index is 13.7. The van der Waals surface area contributed by atoms with E-state index in [1.165, 1.54) is 30.3 Å². The summed E-state index contributed by atoms with van der Waals surface area (Å²) in [6, 6.07) is 8.55. The fraction of sp³-hybridized carbons (Fsp3) is 0. The molecule has 2 N–H and O–H groups in total. The normalized spacial score (nSPS) is 10.8. The van der Waals surface area contributed by atoms with E-state index in [2.05, 4.69) is 10.3 Å². The molecule has 0 aliphatic rings. The number of aromatic amines is 1. The quantitative estimate of drug-likeness (QED) is 0.763. The fourth-order valence-electron chi connectivity index (χ4n) is 1.94. The molecule has 0 aliphatic heterocycles. The lowest BCUT2D eigenvalue weighted by atomic mass is 10.2. The van der Waals surface area contributed by atoms with E-state index >= 15 is 0 Å². The highest BCUT2D eigenvalue weighted by Gasteiger charge is 2.16. The molecule has 5 nitrogen and oxygen atoms in total. The third kappa shape index (κ3) is 2.53. The number of hydrogen-bond acceptors (Lipinski definition) is 3. The molecule has 1 aromatic heterocycles. The standard InChI is InChI=1S/C14H8ClFN2O3/c15-8-2-1-3-9(16)12(8)13(19)17-7-4-5-11-10(6-7)18-14(20)21-11/h1-6H,(H,17,19)(H,18,20). The molecule has 106 valence electrons. The molecule has 0 fully saturated rings. The van der Waals surface area contributed by atoms with Crippen molar-refractivity contribution < 1.29 is 13.6 Å². The lowest BCUT2D eigenvalue weighted by Crippen LogP contribution is -2.14. The first-order valence-electron chi connectivity index (χ1n) is 5.93. The van der Waals surface area contributed by atoms with Crippen molar-refractivity contribution in [1.82, 2.24) is 4.98 Å². The van der Waals surface area contributed by atoms with Crippen LogP contribution in [0.4, 0.5) is 10.1 Å². The smallest absolute Gasteiger partial charge is 0.408 e. The maximum Gasteiger partial charge on any atom is 0.417 e. The zero-order valence-corrected chi connectivity index (χ0v) is 11.2. The van der Waals surface area contributed by atoms with Gasteiger partial charge in [-0.05, 0) is 30.3 Å². The van der Waals surface area contributed by atoms with E-state index in [1.54, 1.807) is 0 Å². The molecule has 0 bridgehead atoms. The van der Waals surface area contributed by atoms with Crippen LogP contribution in [0.2, 0.25) is 5.02 Å². The number of rotatable bonds is 2. The Morgan fingerprint density at radius 2 is 2.10 bits per heavy atom. The van der Waals surface area contributed by atoms with Crippen molar-refractivity contribution in [1.29, 1.82) is 0 Å². The summed E-state index contributed by atoms with van der Waals surface area (Å²) in [5, 5.41) is 2.53. The van der Waals surface area contributed by atoms with E-state index in [4.69, 9.17) is 16.0 Å². The molecule has 0 spiro atoms. The van der Waals surface area contributed by atoms with Crippen LogP contribution in [-0.2, 0) is 0 Å². The van der Waals surface area contributed by atoms with Gasteiger partial charge in [0.25, 0.3) is 5.91 Å². The van der Waals surface area contributed by atoms with Crippen molar-refractivity contribution >= 4 is 34.3 Å². The first kappa shape index (κ1) is 13.4. The van der Waals surface area contributed by atoms with Crippen LogP contribution in [0.1, 0.15) is 10.4 Å². The molecular formula is C14H8ClFN2O3. The van der Waals surface area contributed by atoms with Crippen LogP contribution < -0.4 is 11.1 Å². The second-order valence-electron chi connectivity index (χ2n) is 4.28. The van der Waals surface area contributed by atoms with E-state index in [-0.39, 0.29) is 10.6 Å². The lowest BCUT2D eigenvalue weighted by molar-refractivity contribution is 0.102. The summed E-state index contributed by atoms with van der Waals surface area (Å²) in [6.07, 6.45) is 0. The molecule has 0 unspecified atom stereocenters. The van der Waals surface area contributed by atoms with Gasteiger partial charge in [-0.3, -0.25) is 9.78 Å². The summed E-state index contributed by atoms with van der Waals surface area (Å²) in [7, 11) is 0. The van der Waals surface area contributed by atoms with Gasteiger partial charge in [-0.2, -0.15) is 0 Å². The number of hydrogen-bond donors (Lipinski definition) is 2. The van der Waals surface area contributed by atoms with E-state index in [1.807, 2.05) is 0 Å². The predicted octanol–water partition coefficient (Wildman–Crippen LogP) is 3.17. The molecule has 3 rings (SSSR count). The lowest BCUT2D eigenvalue weighted by Gasteiger charge is -2.07. The Bertz CT molecular complexity index is 880. The third-order valence-electron chi connectivity index (χ3n) is 2.87. The average Bonchev–Trinajstić information content (AvgIpc) is 2.77. The number of amides is 1. The molecule has 0 saturated carbocycles. The van der Waals surface area contributed by atoms with Gasteiger partial charge in [0.05, 0.1) is 16.1 Å². The van der Waals surface area contributed by atoms with Crippen LogP contribution in [0.5, 0.6) is 0 Å². The van der Waals surface area contributed by atoms with Crippen LogP contribution in [0, 0.1) is 5.82 Å². The van der Waals surface area contributed by atoms with E-state index < -0.39 is 17.5 Å². The first-order valence-corrected chi connectivity index (χ1v) is 6.30. The Morgan fingerprint density at radius 3 is 2.86 bits per heavy atom. The van der Waals surface area contributed by atoms with Crippen molar-refractivity contribution in [2.45, 2.75) is 0 Å². The van der Waals surface area contributed by atoms with Gasteiger partial charge in [0.1, 0.15) is 5.82 Å². The zero-order chi connectivity index (χ0) is 15.0. The highest BCUT2D eigenvalue weighted by atomic mass is 35.5. The molecule has 0 aliphatic carbocycles. The minimum atomic E-state index is -0.710. The Labute approximate surface area is 122 Å². The minimum absolute atomic E-state index is 0.0188. The van der Waals surface area contributed by atoms with Gasteiger partial charge in [0.15, 0.2) is 5.58 Å². The number of aromatic nitrogens is 1. The molecule has 21 heavy (non-hydrogen) atoms. The predicted molar refractivity (Wildman–Crippen MR) is 76.2 cm³/mol. The maximum absolute atomic E-state index is 13.7. The molecule has 1 heterocycles. The van der Waals surface area contributed by atoms with Crippen molar-refractivity contribution in [3.63, 3.8) is 0 Å². The molecular weight excluding hydrogens is 299 g/mol. The average molecular weight is 307 g/mol. The molecule has 7 heteroatoms. The van der Waals surface area contributed by atoms with Gasteiger partial charge in [-0.1, -0.05) is 17.7 Å². The number of benzene rings is 2. The summed E-state index contributed by atoms with van der Waals surface area (Å²) < 4.78 is 18.5. The molecule has 0 radical (unpaired) electrons. The summed E-state index contributed by atoms with van der Waals surface area (Å²) in [6.45, 7) is 0. The zero-order valence-electron chi connectivity index (χ0n) is 10.4. The van der Waals surface area contributed by atoms with Gasteiger partial charge < -0.3 is 9.73 Å². The van der Waals surface area contributed by atoms with E-state index in [0.717, 1.165) is 6.07 Å². The molecule has 0 atom stereocenters. The van der Waals surface area contributed by atoms with Crippen LogP contribution in [0.3, 0.4) is 0 Å². The minimum Gasteiger partial charge on any atom is -0.408 e. The summed E-state index contributed by atoms with van der Waals surface area (Å²) in [5.74, 6) is -1.98. The number of oxazole rings is 1. The number of anilines is 1. The second kappa shape index (κ2) is 5.06.